The molecule has 0 aliphatic carbocycles. The van der Waals surface area contributed by atoms with Gasteiger partial charge in [0, 0.05) is 32.2 Å². The van der Waals surface area contributed by atoms with Crippen LogP contribution in [0.4, 0.5) is 0 Å². The number of ether oxygens (including phenoxy) is 1. The lowest BCUT2D eigenvalue weighted by atomic mass is 10.1. The quantitative estimate of drug-likeness (QED) is 0.807. The molecule has 2 aliphatic heterocycles. The van der Waals surface area contributed by atoms with Gasteiger partial charge >= 0.3 is 0 Å². The van der Waals surface area contributed by atoms with Gasteiger partial charge in [0.2, 0.25) is 5.91 Å². The van der Waals surface area contributed by atoms with Crippen LogP contribution in [-0.2, 0) is 9.53 Å². The number of carbonyl (C=O) groups is 1. The molecule has 1 unspecified atom stereocenters. The van der Waals surface area contributed by atoms with Gasteiger partial charge in [0.15, 0.2) is 0 Å². The maximum atomic E-state index is 12.2. The fourth-order valence-corrected chi connectivity index (χ4v) is 2.91. The van der Waals surface area contributed by atoms with E-state index in [-0.39, 0.29) is 18.6 Å². The third-order valence-corrected chi connectivity index (χ3v) is 4.61. The Morgan fingerprint density at radius 2 is 1.90 bits per heavy atom. The summed E-state index contributed by atoms with van der Waals surface area (Å²) in [4.78, 5) is 16.6. The summed E-state index contributed by atoms with van der Waals surface area (Å²) < 4.78 is 5.75. The number of nitrogens with one attached hydrogen (secondary N) is 1. The van der Waals surface area contributed by atoms with Crippen LogP contribution in [0.5, 0.6) is 0 Å². The second-order valence-electron chi connectivity index (χ2n) is 5.93. The van der Waals surface area contributed by atoms with E-state index in [9.17, 15) is 4.79 Å². The van der Waals surface area contributed by atoms with E-state index in [0.717, 1.165) is 52.1 Å². The third-order valence-electron chi connectivity index (χ3n) is 4.61. The number of carbonyl (C=O) groups excluding carboxylic acids is 1. The summed E-state index contributed by atoms with van der Waals surface area (Å²) >= 11 is 0. The molecule has 1 N–H and O–H groups in total. The zero-order valence-electron chi connectivity index (χ0n) is 12.9. The Kier molecular flexibility index (Phi) is 6.26. The molecule has 1 atom stereocenters. The molecule has 0 spiro atoms. The van der Waals surface area contributed by atoms with Crippen molar-refractivity contribution in [3.8, 4) is 0 Å². The highest BCUT2D eigenvalue weighted by atomic mass is 16.5. The highest BCUT2D eigenvalue weighted by molar-refractivity contribution is 5.77. The second kappa shape index (κ2) is 7.96. The van der Waals surface area contributed by atoms with E-state index in [1.54, 1.807) is 0 Å². The van der Waals surface area contributed by atoms with Crippen LogP contribution in [0, 0.1) is 0 Å². The van der Waals surface area contributed by atoms with Gasteiger partial charge in [-0.2, -0.15) is 0 Å². The van der Waals surface area contributed by atoms with Crippen molar-refractivity contribution in [1.29, 1.82) is 0 Å². The lowest BCUT2D eigenvalue weighted by Crippen LogP contribution is -2.52. The van der Waals surface area contributed by atoms with Crippen molar-refractivity contribution in [2.24, 2.45) is 0 Å². The molecule has 0 saturated carbocycles. The summed E-state index contributed by atoms with van der Waals surface area (Å²) in [5.74, 6) is 0.160. The largest absolute Gasteiger partial charge is 0.368 e. The maximum Gasteiger partial charge on any atom is 0.248 e. The molecule has 2 aliphatic rings. The summed E-state index contributed by atoms with van der Waals surface area (Å²) in [5.41, 5.74) is 0. The number of piperazine rings is 1. The molecular weight excluding hydrogens is 254 g/mol. The van der Waals surface area contributed by atoms with Gasteiger partial charge in [-0.25, -0.2) is 0 Å². The Bertz CT molecular complexity index is 297. The van der Waals surface area contributed by atoms with Gasteiger partial charge in [0.05, 0.1) is 6.10 Å². The molecule has 5 heteroatoms. The molecular formula is C15H29N3O2. The van der Waals surface area contributed by atoms with Crippen LogP contribution in [0.3, 0.4) is 0 Å². The maximum absolute atomic E-state index is 12.2. The van der Waals surface area contributed by atoms with E-state index < -0.39 is 0 Å². The van der Waals surface area contributed by atoms with Crippen molar-refractivity contribution in [2.75, 3.05) is 45.9 Å². The molecule has 0 aromatic carbocycles. The topological polar surface area (TPSA) is 44.8 Å². The van der Waals surface area contributed by atoms with E-state index in [2.05, 4.69) is 24.1 Å². The Morgan fingerprint density at radius 1 is 1.25 bits per heavy atom. The van der Waals surface area contributed by atoms with Gasteiger partial charge in [0.1, 0.15) is 6.61 Å². The van der Waals surface area contributed by atoms with Crippen molar-refractivity contribution in [1.82, 2.24) is 15.1 Å². The van der Waals surface area contributed by atoms with Crippen molar-refractivity contribution >= 4 is 5.91 Å². The second-order valence-corrected chi connectivity index (χ2v) is 5.93. The van der Waals surface area contributed by atoms with Crippen molar-refractivity contribution in [3.05, 3.63) is 0 Å². The van der Waals surface area contributed by atoms with Gasteiger partial charge in [-0.3, -0.25) is 9.69 Å². The summed E-state index contributed by atoms with van der Waals surface area (Å²) in [6, 6.07) is 0.623. The van der Waals surface area contributed by atoms with Gasteiger partial charge in [-0.1, -0.05) is 6.92 Å². The number of hydrogen-bond acceptors (Lipinski definition) is 4. The van der Waals surface area contributed by atoms with E-state index in [4.69, 9.17) is 4.74 Å². The first-order chi connectivity index (χ1) is 9.70. The lowest BCUT2D eigenvalue weighted by molar-refractivity contribution is -0.140. The Labute approximate surface area is 122 Å². The number of piperidine rings is 1. The zero-order chi connectivity index (χ0) is 14.4. The predicted molar refractivity (Wildman–Crippen MR) is 79.7 cm³/mol. The monoisotopic (exact) mass is 283 g/mol. The van der Waals surface area contributed by atoms with Crippen LogP contribution < -0.4 is 5.32 Å². The van der Waals surface area contributed by atoms with E-state index in [0.29, 0.717) is 6.04 Å². The number of amides is 1. The molecule has 0 aromatic rings. The Morgan fingerprint density at radius 3 is 2.50 bits per heavy atom. The first kappa shape index (κ1) is 15.7. The molecule has 2 heterocycles. The average molecular weight is 283 g/mol. The predicted octanol–water partition coefficient (Wildman–Crippen LogP) is 0.698. The van der Waals surface area contributed by atoms with Crippen LogP contribution in [0.15, 0.2) is 0 Å². The third kappa shape index (κ3) is 4.43. The number of nitrogens with zero attached hydrogens (tertiary/aromatic N) is 2. The molecule has 20 heavy (non-hydrogen) atoms. The molecule has 5 nitrogen and oxygen atoms in total. The van der Waals surface area contributed by atoms with Crippen LogP contribution >= 0.6 is 0 Å². The van der Waals surface area contributed by atoms with Gasteiger partial charge < -0.3 is 15.0 Å². The minimum absolute atomic E-state index is 0.160. The molecule has 0 bridgehead atoms. The van der Waals surface area contributed by atoms with Crippen LogP contribution in [0.25, 0.3) is 0 Å². The highest BCUT2D eigenvalue weighted by Gasteiger charge is 2.24. The minimum atomic E-state index is 0.160. The summed E-state index contributed by atoms with van der Waals surface area (Å²) in [6.45, 7) is 10.4. The standard InChI is InChI=1S/C15H29N3O2/c1-3-13(2)17-8-10-18(11-9-17)15(19)12-20-14-4-6-16-7-5-14/h13-14,16H,3-12H2,1-2H3. The molecule has 0 aromatic heterocycles. The number of rotatable bonds is 5. The molecule has 1 amide bonds. The van der Waals surface area contributed by atoms with E-state index in [1.807, 2.05) is 4.90 Å². The number of hydrogen-bond donors (Lipinski definition) is 1. The van der Waals surface area contributed by atoms with Crippen LogP contribution in [0.2, 0.25) is 0 Å². The van der Waals surface area contributed by atoms with E-state index >= 15 is 0 Å². The molecule has 2 rings (SSSR count). The normalized spacial score (nSPS) is 23.8. The zero-order valence-corrected chi connectivity index (χ0v) is 12.9. The Hall–Kier alpha value is -0.650. The SMILES string of the molecule is CCC(C)N1CCN(C(=O)COC2CCNCC2)CC1. The van der Waals surface area contributed by atoms with Gasteiger partial charge in [0.25, 0.3) is 0 Å². The van der Waals surface area contributed by atoms with Crippen molar-refractivity contribution in [3.63, 3.8) is 0 Å². The van der Waals surface area contributed by atoms with Crippen molar-refractivity contribution in [2.45, 2.75) is 45.3 Å². The molecule has 2 fully saturated rings. The first-order valence-corrected chi connectivity index (χ1v) is 8.05. The smallest absolute Gasteiger partial charge is 0.248 e. The lowest BCUT2D eigenvalue weighted by Gasteiger charge is -2.38. The van der Waals surface area contributed by atoms with Gasteiger partial charge in [-0.15, -0.1) is 0 Å². The molecule has 0 radical (unpaired) electrons. The summed E-state index contributed by atoms with van der Waals surface area (Å²) in [6.07, 6.45) is 3.48. The Balaban J connectivity index is 1.66. The van der Waals surface area contributed by atoms with Crippen LogP contribution in [-0.4, -0.2) is 73.7 Å². The average Bonchev–Trinajstić information content (AvgIpc) is 2.53. The van der Waals surface area contributed by atoms with Crippen molar-refractivity contribution < 1.29 is 9.53 Å². The molecule has 2 saturated heterocycles. The fourth-order valence-electron chi connectivity index (χ4n) is 2.91. The van der Waals surface area contributed by atoms with Gasteiger partial charge in [-0.05, 0) is 39.3 Å². The minimum Gasteiger partial charge on any atom is -0.368 e. The van der Waals surface area contributed by atoms with E-state index in [1.165, 1.54) is 6.42 Å². The fraction of sp³-hybridized carbons (Fsp3) is 0.933. The van der Waals surface area contributed by atoms with Crippen LogP contribution in [0.1, 0.15) is 33.1 Å². The molecule has 116 valence electrons. The summed E-state index contributed by atoms with van der Waals surface area (Å²) in [5, 5.41) is 3.31. The summed E-state index contributed by atoms with van der Waals surface area (Å²) in [7, 11) is 0. The first-order valence-electron chi connectivity index (χ1n) is 8.05. The highest BCUT2D eigenvalue weighted by Crippen LogP contribution is 2.10.